The molecule has 2 aromatic carbocycles. The number of carbonyl (C=O) groups is 1. The summed E-state index contributed by atoms with van der Waals surface area (Å²) in [6.07, 6.45) is 7.97. The monoisotopic (exact) mass is 465 g/mol. The van der Waals surface area contributed by atoms with E-state index in [1.807, 2.05) is 61.9 Å². The van der Waals surface area contributed by atoms with Gasteiger partial charge in [-0.3, -0.25) is 14.6 Å². The fourth-order valence-corrected chi connectivity index (χ4v) is 4.40. The van der Waals surface area contributed by atoms with Gasteiger partial charge in [0.15, 0.2) is 0 Å². The summed E-state index contributed by atoms with van der Waals surface area (Å²) in [4.78, 5) is 17.5. The van der Waals surface area contributed by atoms with Gasteiger partial charge < -0.3 is 15.4 Å². The molecule has 35 heavy (non-hydrogen) atoms. The Balaban J connectivity index is 1.16. The van der Waals surface area contributed by atoms with Crippen LogP contribution in [0.5, 0.6) is 5.75 Å². The number of amides is 1. The third-order valence-corrected chi connectivity index (χ3v) is 6.19. The molecule has 9 nitrogen and oxygen atoms in total. The highest BCUT2D eigenvalue weighted by Gasteiger charge is 2.22. The number of pyridine rings is 1. The number of aromatic amines is 1. The molecule has 0 saturated carbocycles. The molecule has 3 N–H and O–H groups in total. The number of aryl methyl sites for hydroxylation is 1. The van der Waals surface area contributed by atoms with Crippen molar-refractivity contribution in [2.24, 2.45) is 7.05 Å². The fraction of sp³-hybridized carbons (Fsp3) is 0.154. The summed E-state index contributed by atoms with van der Waals surface area (Å²) in [5.74, 6) is 1.51. The van der Waals surface area contributed by atoms with Crippen molar-refractivity contribution in [2.45, 2.75) is 13.0 Å². The predicted molar refractivity (Wildman–Crippen MR) is 133 cm³/mol. The highest BCUT2D eigenvalue weighted by Crippen LogP contribution is 2.39. The number of rotatable bonds is 6. The third kappa shape index (κ3) is 3.97. The number of benzene rings is 2. The van der Waals surface area contributed by atoms with Crippen molar-refractivity contribution in [1.82, 2.24) is 25.0 Å². The Morgan fingerprint density at radius 2 is 2.11 bits per heavy atom. The third-order valence-electron chi connectivity index (χ3n) is 6.19. The summed E-state index contributed by atoms with van der Waals surface area (Å²) in [5.41, 5.74) is 6.29. The van der Waals surface area contributed by atoms with Gasteiger partial charge in [-0.15, -0.1) is 0 Å². The molecule has 1 amide bonds. The molecule has 0 bridgehead atoms. The van der Waals surface area contributed by atoms with E-state index in [1.54, 1.807) is 17.1 Å². The molecule has 3 aromatic heterocycles. The van der Waals surface area contributed by atoms with E-state index in [4.69, 9.17) is 4.74 Å². The lowest BCUT2D eigenvalue weighted by Gasteiger charge is -2.13. The Morgan fingerprint density at radius 1 is 1.17 bits per heavy atom. The number of carbonyl (C=O) groups excluding carboxylic acids is 1. The fourth-order valence-electron chi connectivity index (χ4n) is 4.40. The average Bonchev–Trinajstić information content (AvgIpc) is 3.64. The molecule has 0 spiro atoms. The van der Waals surface area contributed by atoms with Crippen LogP contribution in [0.1, 0.15) is 21.5 Å². The number of fused-ring (bicyclic) bond motifs is 2. The number of hydrogen-bond donors (Lipinski definition) is 3. The summed E-state index contributed by atoms with van der Waals surface area (Å²) < 4.78 is 7.69. The normalized spacial score (nSPS) is 12.4. The van der Waals surface area contributed by atoms with Crippen LogP contribution in [0, 0.1) is 0 Å². The molecule has 1 aliphatic heterocycles. The number of hydrogen-bond acceptors (Lipinski definition) is 6. The zero-order chi connectivity index (χ0) is 23.8. The first kappa shape index (κ1) is 20.9. The maximum Gasteiger partial charge on any atom is 0.255 e. The summed E-state index contributed by atoms with van der Waals surface area (Å²) in [6.45, 7) is 1.20. The first-order valence-corrected chi connectivity index (χ1v) is 11.4. The second-order valence-electron chi connectivity index (χ2n) is 8.46. The Labute approximate surface area is 201 Å². The molecule has 0 aliphatic carbocycles. The molecule has 1 aliphatic rings. The van der Waals surface area contributed by atoms with Gasteiger partial charge >= 0.3 is 0 Å². The molecule has 0 atom stereocenters. The minimum Gasteiger partial charge on any atom is -0.492 e. The van der Waals surface area contributed by atoms with E-state index in [0.717, 1.165) is 56.8 Å². The Bertz CT molecular complexity index is 1540. The smallest absolute Gasteiger partial charge is 0.255 e. The summed E-state index contributed by atoms with van der Waals surface area (Å²) >= 11 is 0. The SMILES string of the molecule is Cn1ncc2cc(C(=O)Nc3cccc(CNc4ncc(-c5cn[nH]c5)c5c4CCO5)c3)ccc21. The van der Waals surface area contributed by atoms with Gasteiger partial charge in [-0.1, -0.05) is 12.1 Å². The van der Waals surface area contributed by atoms with Crippen LogP contribution in [0.25, 0.3) is 22.0 Å². The van der Waals surface area contributed by atoms with E-state index >= 15 is 0 Å². The van der Waals surface area contributed by atoms with Crippen LogP contribution < -0.4 is 15.4 Å². The highest BCUT2D eigenvalue weighted by atomic mass is 16.5. The molecular weight excluding hydrogens is 442 g/mol. The molecule has 0 saturated heterocycles. The van der Waals surface area contributed by atoms with Crippen LogP contribution in [0.2, 0.25) is 0 Å². The van der Waals surface area contributed by atoms with Crippen LogP contribution in [0.3, 0.4) is 0 Å². The standard InChI is InChI=1S/C26H23N7O2/c1-33-23-6-5-17(10-18(23)14-31-33)26(34)32-20-4-2-3-16(9-20)11-27-25-21-7-8-35-24(21)22(15-28-25)19-12-29-30-13-19/h2-6,9-10,12-15H,7-8,11H2,1H3,(H,27,28)(H,29,30)(H,32,34). The van der Waals surface area contributed by atoms with Crippen LogP contribution in [-0.2, 0) is 20.0 Å². The highest BCUT2D eigenvalue weighted by molar-refractivity contribution is 6.06. The molecule has 9 heteroatoms. The van der Waals surface area contributed by atoms with Gasteiger partial charge in [0.25, 0.3) is 5.91 Å². The first-order valence-electron chi connectivity index (χ1n) is 11.4. The minimum absolute atomic E-state index is 0.160. The van der Waals surface area contributed by atoms with Gasteiger partial charge in [0.1, 0.15) is 11.6 Å². The average molecular weight is 466 g/mol. The van der Waals surface area contributed by atoms with Crippen molar-refractivity contribution in [3.05, 3.63) is 83.9 Å². The van der Waals surface area contributed by atoms with Crippen molar-refractivity contribution < 1.29 is 9.53 Å². The van der Waals surface area contributed by atoms with Crippen LogP contribution in [-0.4, -0.2) is 37.5 Å². The quantitative estimate of drug-likeness (QED) is 0.347. The second kappa shape index (κ2) is 8.60. The van der Waals surface area contributed by atoms with E-state index in [-0.39, 0.29) is 5.91 Å². The zero-order valence-corrected chi connectivity index (χ0v) is 19.1. The minimum atomic E-state index is -0.160. The van der Waals surface area contributed by atoms with Gasteiger partial charge in [-0.25, -0.2) is 4.98 Å². The molecule has 5 aromatic rings. The Kier molecular flexibility index (Phi) is 5.14. The molecule has 4 heterocycles. The number of ether oxygens (including phenoxy) is 1. The molecular formula is C26H23N7O2. The van der Waals surface area contributed by atoms with E-state index in [2.05, 4.69) is 30.9 Å². The Morgan fingerprint density at radius 3 is 3.00 bits per heavy atom. The van der Waals surface area contributed by atoms with Gasteiger partial charge in [0.05, 0.1) is 24.5 Å². The molecule has 0 fully saturated rings. The number of nitrogens with zero attached hydrogens (tertiary/aromatic N) is 4. The van der Waals surface area contributed by atoms with Gasteiger partial charge in [0, 0.05) is 65.7 Å². The number of H-pyrrole nitrogens is 1. The molecule has 0 radical (unpaired) electrons. The van der Waals surface area contributed by atoms with Gasteiger partial charge in [-0.05, 0) is 35.9 Å². The summed E-state index contributed by atoms with van der Waals surface area (Å²) in [7, 11) is 1.88. The van der Waals surface area contributed by atoms with Gasteiger partial charge in [0.2, 0.25) is 0 Å². The Hall–Kier alpha value is -4.66. The summed E-state index contributed by atoms with van der Waals surface area (Å²) in [6, 6.07) is 13.4. The summed E-state index contributed by atoms with van der Waals surface area (Å²) in [5, 5.41) is 18.5. The molecule has 174 valence electrons. The number of anilines is 2. The van der Waals surface area contributed by atoms with Crippen molar-refractivity contribution in [3.8, 4) is 16.9 Å². The van der Waals surface area contributed by atoms with Crippen molar-refractivity contribution in [1.29, 1.82) is 0 Å². The predicted octanol–water partition coefficient (Wildman–Crippen LogP) is 4.16. The molecule has 0 unspecified atom stereocenters. The number of aromatic nitrogens is 5. The lowest BCUT2D eigenvalue weighted by molar-refractivity contribution is 0.102. The van der Waals surface area contributed by atoms with Crippen molar-refractivity contribution in [3.63, 3.8) is 0 Å². The van der Waals surface area contributed by atoms with E-state index in [9.17, 15) is 4.79 Å². The topological polar surface area (TPSA) is 110 Å². The maximum atomic E-state index is 12.8. The van der Waals surface area contributed by atoms with Gasteiger partial charge in [-0.2, -0.15) is 10.2 Å². The molecule has 6 rings (SSSR count). The van der Waals surface area contributed by atoms with Crippen molar-refractivity contribution in [2.75, 3.05) is 17.2 Å². The van der Waals surface area contributed by atoms with Crippen LogP contribution in [0.15, 0.2) is 67.3 Å². The van der Waals surface area contributed by atoms with Crippen LogP contribution >= 0.6 is 0 Å². The second-order valence-corrected chi connectivity index (χ2v) is 8.46. The van der Waals surface area contributed by atoms with E-state index in [0.29, 0.717) is 18.7 Å². The zero-order valence-electron chi connectivity index (χ0n) is 19.1. The lowest BCUT2D eigenvalue weighted by Crippen LogP contribution is -2.12. The van der Waals surface area contributed by atoms with Crippen LogP contribution in [0.4, 0.5) is 11.5 Å². The first-order chi connectivity index (χ1) is 17.2. The largest absolute Gasteiger partial charge is 0.492 e. The van der Waals surface area contributed by atoms with E-state index < -0.39 is 0 Å². The maximum absolute atomic E-state index is 12.8. The van der Waals surface area contributed by atoms with Crippen molar-refractivity contribution >= 4 is 28.3 Å². The van der Waals surface area contributed by atoms with E-state index in [1.165, 1.54) is 0 Å². The number of nitrogens with one attached hydrogen (secondary N) is 3. The lowest BCUT2D eigenvalue weighted by atomic mass is 10.1.